The highest BCUT2D eigenvalue weighted by molar-refractivity contribution is 7.91. The summed E-state index contributed by atoms with van der Waals surface area (Å²) in [6.07, 6.45) is 2.14. The van der Waals surface area contributed by atoms with Gasteiger partial charge in [-0.1, -0.05) is 13.8 Å². The molecule has 0 radical (unpaired) electrons. The summed E-state index contributed by atoms with van der Waals surface area (Å²) < 4.78 is 22.3. The molecule has 2 atom stereocenters. The molecule has 4 heteroatoms. The zero-order chi connectivity index (χ0) is 9.78. The van der Waals surface area contributed by atoms with Crippen molar-refractivity contribution in [1.29, 1.82) is 0 Å². The van der Waals surface area contributed by atoms with Gasteiger partial charge in [-0.05, 0) is 19.9 Å². The summed E-state index contributed by atoms with van der Waals surface area (Å²) in [5.41, 5.74) is 0. The van der Waals surface area contributed by atoms with Gasteiger partial charge in [0.2, 0.25) is 0 Å². The lowest BCUT2D eigenvalue weighted by Gasteiger charge is -2.21. The molecule has 0 aliphatic rings. The zero-order valence-electron chi connectivity index (χ0n) is 8.29. The van der Waals surface area contributed by atoms with Crippen LogP contribution in [0.5, 0.6) is 0 Å². The highest BCUT2D eigenvalue weighted by Crippen LogP contribution is 2.07. The van der Waals surface area contributed by atoms with Crippen LogP contribution in [0.15, 0.2) is 0 Å². The van der Waals surface area contributed by atoms with E-state index in [1.54, 1.807) is 6.92 Å². The molecule has 12 heavy (non-hydrogen) atoms. The van der Waals surface area contributed by atoms with Gasteiger partial charge in [-0.3, -0.25) is 0 Å². The Hall–Kier alpha value is -0.0900. The lowest BCUT2D eigenvalue weighted by atomic mass is 10.2. The molecule has 0 bridgehead atoms. The predicted octanol–water partition coefficient (Wildman–Crippen LogP) is 0.808. The van der Waals surface area contributed by atoms with Gasteiger partial charge < -0.3 is 5.32 Å². The molecule has 0 aromatic heterocycles. The molecule has 1 N–H and O–H groups in total. The number of hydrogen-bond donors (Lipinski definition) is 1. The van der Waals surface area contributed by atoms with Crippen molar-refractivity contribution >= 4 is 9.84 Å². The fraction of sp³-hybridized carbons (Fsp3) is 1.00. The van der Waals surface area contributed by atoms with Crippen LogP contribution < -0.4 is 5.32 Å². The van der Waals surface area contributed by atoms with Crippen molar-refractivity contribution < 1.29 is 8.42 Å². The van der Waals surface area contributed by atoms with Crippen LogP contribution in [0.2, 0.25) is 0 Å². The second kappa shape index (κ2) is 4.82. The number of nitrogens with one attached hydrogen (secondary N) is 1. The Bertz CT molecular complexity index is 211. The summed E-state index contributed by atoms with van der Waals surface area (Å²) in [6.45, 7) is 6.55. The van der Waals surface area contributed by atoms with E-state index in [1.165, 1.54) is 6.26 Å². The van der Waals surface area contributed by atoms with E-state index in [0.717, 1.165) is 13.0 Å². The molecule has 0 rings (SSSR count). The summed E-state index contributed by atoms with van der Waals surface area (Å²) >= 11 is 0. The van der Waals surface area contributed by atoms with E-state index in [9.17, 15) is 8.42 Å². The van der Waals surface area contributed by atoms with Crippen LogP contribution in [0.3, 0.4) is 0 Å². The minimum Gasteiger partial charge on any atom is -0.313 e. The fourth-order valence-corrected chi connectivity index (χ4v) is 2.09. The van der Waals surface area contributed by atoms with Crippen molar-refractivity contribution in [1.82, 2.24) is 5.32 Å². The predicted molar refractivity (Wildman–Crippen MR) is 52.1 cm³/mol. The second-order valence-corrected chi connectivity index (χ2v) is 5.51. The standard InChI is InChI=1S/C8H19NO2S/c1-5-8(9-6-2)7(3)12(4,10)11/h7-9H,5-6H2,1-4H3. The molecule has 0 amide bonds. The SMILES string of the molecule is CCNC(CC)C(C)S(C)(=O)=O. The maximum Gasteiger partial charge on any atom is 0.151 e. The molecule has 0 spiro atoms. The molecule has 2 unspecified atom stereocenters. The van der Waals surface area contributed by atoms with Gasteiger partial charge in [0.15, 0.2) is 9.84 Å². The first-order valence-electron chi connectivity index (χ1n) is 4.35. The third-order valence-electron chi connectivity index (χ3n) is 2.15. The molecular formula is C8H19NO2S. The molecule has 74 valence electrons. The van der Waals surface area contributed by atoms with E-state index < -0.39 is 9.84 Å². The monoisotopic (exact) mass is 193 g/mol. The summed E-state index contributed by atoms with van der Waals surface area (Å²) in [5, 5.41) is 2.87. The molecule has 0 aromatic carbocycles. The topological polar surface area (TPSA) is 46.2 Å². The Morgan fingerprint density at radius 3 is 2.08 bits per heavy atom. The van der Waals surface area contributed by atoms with E-state index in [-0.39, 0.29) is 11.3 Å². The number of rotatable bonds is 5. The molecule has 0 fully saturated rings. The van der Waals surface area contributed by atoms with Gasteiger partial charge in [0.05, 0.1) is 5.25 Å². The van der Waals surface area contributed by atoms with E-state index in [0.29, 0.717) is 0 Å². The number of hydrogen-bond acceptors (Lipinski definition) is 3. The van der Waals surface area contributed by atoms with Crippen molar-refractivity contribution in [3.63, 3.8) is 0 Å². The summed E-state index contributed by atoms with van der Waals surface area (Å²) in [5.74, 6) is 0. The van der Waals surface area contributed by atoms with E-state index in [1.807, 2.05) is 13.8 Å². The Balaban J connectivity index is 4.31. The van der Waals surface area contributed by atoms with Gasteiger partial charge >= 0.3 is 0 Å². The van der Waals surface area contributed by atoms with Crippen LogP contribution in [0.4, 0.5) is 0 Å². The molecule has 0 saturated heterocycles. The lowest BCUT2D eigenvalue weighted by molar-refractivity contribution is 0.485. The average molecular weight is 193 g/mol. The highest BCUT2D eigenvalue weighted by Gasteiger charge is 2.23. The Kier molecular flexibility index (Phi) is 4.78. The van der Waals surface area contributed by atoms with E-state index in [2.05, 4.69) is 5.32 Å². The van der Waals surface area contributed by atoms with Crippen LogP contribution in [-0.2, 0) is 9.84 Å². The molecule has 0 heterocycles. The molecule has 0 aliphatic carbocycles. The molecule has 0 aliphatic heterocycles. The Morgan fingerprint density at radius 2 is 1.83 bits per heavy atom. The first-order valence-corrected chi connectivity index (χ1v) is 6.31. The maximum atomic E-state index is 11.2. The van der Waals surface area contributed by atoms with Crippen molar-refractivity contribution in [2.24, 2.45) is 0 Å². The largest absolute Gasteiger partial charge is 0.313 e. The van der Waals surface area contributed by atoms with Gasteiger partial charge in [0.1, 0.15) is 0 Å². The zero-order valence-corrected chi connectivity index (χ0v) is 9.11. The van der Waals surface area contributed by atoms with Gasteiger partial charge in [0.25, 0.3) is 0 Å². The van der Waals surface area contributed by atoms with Crippen molar-refractivity contribution in [3.8, 4) is 0 Å². The number of sulfone groups is 1. The van der Waals surface area contributed by atoms with Crippen LogP contribution >= 0.6 is 0 Å². The Morgan fingerprint density at radius 1 is 1.33 bits per heavy atom. The second-order valence-electron chi connectivity index (χ2n) is 3.11. The molecule has 3 nitrogen and oxygen atoms in total. The smallest absolute Gasteiger partial charge is 0.151 e. The molecule has 0 aromatic rings. The van der Waals surface area contributed by atoms with Gasteiger partial charge in [-0.2, -0.15) is 0 Å². The van der Waals surface area contributed by atoms with Gasteiger partial charge in [0, 0.05) is 12.3 Å². The minimum absolute atomic E-state index is 0.0880. The Labute approximate surface area is 75.5 Å². The summed E-state index contributed by atoms with van der Waals surface area (Å²) in [6, 6.07) is 0.0880. The quantitative estimate of drug-likeness (QED) is 0.703. The highest BCUT2D eigenvalue weighted by atomic mass is 32.2. The average Bonchev–Trinajstić information content (AvgIpc) is 1.97. The van der Waals surface area contributed by atoms with Crippen LogP contribution in [0.1, 0.15) is 27.2 Å². The molecule has 0 saturated carbocycles. The third kappa shape index (κ3) is 3.54. The van der Waals surface area contributed by atoms with Gasteiger partial charge in [-0.15, -0.1) is 0 Å². The lowest BCUT2D eigenvalue weighted by Crippen LogP contribution is -2.41. The third-order valence-corrected chi connectivity index (χ3v) is 3.83. The maximum absolute atomic E-state index is 11.2. The van der Waals surface area contributed by atoms with Crippen molar-refractivity contribution in [2.75, 3.05) is 12.8 Å². The van der Waals surface area contributed by atoms with Gasteiger partial charge in [-0.25, -0.2) is 8.42 Å². The minimum atomic E-state index is -2.90. The van der Waals surface area contributed by atoms with Crippen LogP contribution in [-0.4, -0.2) is 32.5 Å². The fourth-order valence-electron chi connectivity index (χ4n) is 1.20. The summed E-state index contributed by atoms with van der Waals surface area (Å²) in [7, 11) is -2.90. The first-order chi connectivity index (χ1) is 5.43. The van der Waals surface area contributed by atoms with Crippen LogP contribution in [0, 0.1) is 0 Å². The van der Waals surface area contributed by atoms with Crippen molar-refractivity contribution in [3.05, 3.63) is 0 Å². The normalized spacial score (nSPS) is 17.3. The summed E-state index contributed by atoms with van der Waals surface area (Å²) in [4.78, 5) is 0. The molecular weight excluding hydrogens is 174 g/mol. The van der Waals surface area contributed by atoms with E-state index in [4.69, 9.17) is 0 Å². The van der Waals surface area contributed by atoms with E-state index >= 15 is 0 Å². The first kappa shape index (κ1) is 11.9. The van der Waals surface area contributed by atoms with Crippen LogP contribution in [0.25, 0.3) is 0 Å². The van der Waals surface area contributed by atoms with Crippen molar-refractivity contribution in [2.45, 2.75) is 38.5 Å².